The second-order valence-electron chi connectivity index (χ2n) is 3.80. The lowest BCUT2D eigenvalue weighted by molar-refractivity contribution is -0.385. The Morgan fingerprint density at radius 1 is 1.38 bits per heavy atom. The van der Waals surface area contributed by atoms with Crippen molar-refractivity contribution in [3.05, 3.63) is 56.9 Å². The number of nitrogens with zero attached hydrogens (tertiary/aromatic N) is 3. The van der Waals surface area contributed by atoms with Gasteiger partial charge in [-0.3, -0.25) is 14.9 Å². The van der Waals surface area contributed by atoms with E-state index in [0.29, 0.717) is 11.8 Å². The maximum absolute atomic E-state index is 11.0. The molecule has 0 aliphatic heterocycles. The summed E-state index contributed by atoms with van der Waals surface area (Å²) in [5.41, 5.74) is -0.286. The van der Waals surface area contributed by atoms with Gasteiger partial charge in [0, 0.05) is 5.56 Å². The topological polar surface area (TPSA) is 106 Å². The number of aldehydes is 1. The van der Waals surface area contributed by atoms with Gasteiger partial charge >= 0.3 is 5.69 Å². The first-order valence-corrected chi connectivity index (χ1v) is 5.90. The first-order chi connectivity index (χ1) is 10.1. The maximum Gasteiger partial charge on any atom is 0.349 e. The molecule has 0 N–H and O–H groups in total. The molecule has 2 aromatic rings. The Hall–Kier alpha value is -2.98. The van der Waals surface area contributed by atoms with Gasteiger partial charge in [-0.25, -0.2) is 4.98 Å². The molecule has 7 nitrogen and oxygen atoms in total. The molecule has 0 fully saturated rings. The minimum Gasteiger partial charge on any atom is -0.449 e. The van der Waals surface area contributed by atoms with Crippen LogP contribution in [0.15, 0.2) is 30.5 Å². The van der Waals surface area contributed by atoms with Crippen LogP contribution in [0.3, 0.4) is 0 Å². The molecule has 0 spiro atoms. The summed E-state index contributed by atoms with van der Waals surface area (Å²) in [6.07, 6.45) is 1.74. The van der Waals surface area contributed by atoms with Crippen molar-refractivity contribution in [1.82, 2.24) is 4.98 Å². The number of benzene rings is 1. The number of hydrogen-bond donors (Lipinski definition) is 0. The zero-order valence-electron chi connectivity index (χ0n) is 10.3. The molecule has 1 aromatic heterocycles. The number of carbonyl (C=O) groups excluding carboxylic acids is 1. The number of halogens is 1. The van der Waals surface area contributed by atoms with Gasteiger partial charge in [-0.05, 0) is 24.3 Å². The number of rotatable bonds is 4. The minimum absolute atomic E-state index is 0.120. The summed E-state index contributed by atoms with van der Waals surface area (Å²) in [4.78, 5) is 24.4. The number of hydrogen-bond acceptors (Lipinski definition) is 6. The molecule has 0 atom stereocenters. The third-order valence-electron chi connectivity index (χ3n) is 2.50. The van der Waals surface area contributed by atoms with Gasteiger partial charge in [-0.2, -0.15) is 5.26 Å². The average Bonchev–Trinajstić information content (AvgIpc) is 2.48. The second kappa shape index (κ2) is 5.98. The van der Waals surface area contributed by atoms with E-state index >= 15 is 0 Å². The molecule has 0 bridgehead atoms. The molecule has 0 saturated carbocycles. The quantitative estimate of drug-likeness (QED) is 0.372. The van der Waals surface area contributed by atoms with Crippen molar-refractivity contribution in [1.29, 1.82) is 5.26 Å². The van der Waals surface area contributed by atoms with Gasteiger partial charge in [0.25, 0.3) is 0 Å². The molecular weight excluding hydrogens is 298 g/mol. The Morgan fingerprint density at radius 3 is 2.57 bits per heavy atom. The maximum atomic E-state index is 11.0. The zero-order valence-corrected chi connectivity index (χ0v) is 11.1. The smallest absolute Gasteiger partial charge is 0.349 e. The van der Waals surface area contributed by atoms with Crippen molar-refractivity contribution < 1.29 is 14.5 Å². The minimum atomic E-state index is -0.773. The standard InChI is InChI=1S/C13H6ClN3O4/c14-13-11(17(19)20)12(9(5-15)6-16-13)21-10-3-1-8(7-18)2-4-10/h1-4,6-7H. The number of nitro groups is 1. The lowest BCUT2D eigenvalue weighted by Gasteiger charge is -2.08. The summed E-state index contributed by atoms with van der Waals surface area (Å²) < 4.78 is 5.37. The van der Waals surface area contributed by atoms with Crippen molar-refractivity contribution in [3.63, 3.8) is 0 Å². The van der Waals surface area contributed by atoms with E-state index in [0.717, 1.165) is 6.20 Å². The summed E-state index contributed by atoms with van der Waals surface area (Å²) >= 11 is 5.68. The van der Waals surface area contributed by atoms with Crippen molar-refractivity contribution >= 4 is 23.6 Å². The lowest BCUT2D eigenvalue weighted by Crippen LogP contribution is -1.99. The van der Waals surface area contributed by atoms with E-state index < -0.39 is 10.6 Å². The molecule has 0 radical (unpaired) electrons. The summed E-state index contributed by atoms with van der Waals surface area (Å²) in [6, 6.07) is 7.60. The molecule has 0 aliphatic carbocycles. The molecule has 1 aromatic carbocycles. The summed E-state index contributed by atoms with van der Waals surface area (Å²) in [5, 5.41) is 19.7. The van der Waals surface area contributed by atoms with Crippen LogP contribution in [0, 0.1) is 21.4 Å². The molecule has 0 unspecified atom stereocenters. The third kappa shape index (κ3) is 2.96. The van der Waals surface area contributed by atoms with Crippen LogP contribution in [-0.2, 0) is 0 Å². The molecule has 0 amide bonds. The Bertz CT molecular complexity index is 753. The highest BCUT2D eigenvalue weighted by molar-refractivity contribution is 6.31. The molecule has 2 rings (SSSR count). The second-order valence-corrected chi connectivity index (χ2v) is 4.16. The first kappa shape index (κ1) is 14.4. The van der Waals surface area contributed by atoms with E-state index in [4.69, 9.17) is 21.6 Å². The van der Waals surface area contributed by atoms with E-state index in [-0.39, 0.29) is 22.2 Å². The van der Waals surface area contributed by atoms with Gasteiger partial charge in [-0.1, -0.05) is 11.6 Å². The molecular formula is C13H6ClN3O4. The highest BCUT2D eigenvalue weighted by atomic mass is 35.5. The Balaban J connectivity index is 2.51. The van der Waals surface area contributed by atoms with Crippen LogP contribution in [0.25, 0.3) is 0 Å². The highest BCUT2D eigenvalue weighted by Crippen LogP contribution is 2.38. The van der Waals surface area contributed by atoms with Crippen LogP contribution in [0.4, 0.5) is 5.69 Å². The molecule has 21 heavy (non-hydrogen) atoms. The summed E-state index contributed by atoms with van der Waals surface area (Å²) in [7, 11) is 0. The van der Waals surface area contributed by atoms with Crippen molar-refractivity contribution in [3.8, 4) is 17.6 Å². The van der Waals surface area contributed by atoms with Crippen LogP contribution in [0.1, 0.15) is 15.9 Å². The van der Waals surface area contributed by atoms with E-state index in [1.165, 1.54) is 24.3 Å². The average molecular weight is 304 g/mol. The summed E-state index contributed by atoms with van der Waals surface area (Å²) in [6.45, 7) is 0. The van der Waals surface area contributed by atoms with Crippen LogP contribution in [0.2, 0.25) is 5.15 Å². The van der Waals surface area contributed by atoms with Crippen molar-refractivity contribution in [2.75, 3.05) is 0 Å². The zero-order chi connectivity index (χ0) is 15.4. The van der Waals surface area contributed by atoms with Crippen molar-refractivity contribution in [2.24, 2.45) is 0 Å². The molecule has 0 aliphatic rings. The summed E-state index contributed by atoms with van der Waals surface area (Å²) in [5.74, 6) is -0.0659. The lowest BCUT2D eigenvalue weighted by atomic mass is 10.2. The molecule has 1 heterocycles. The first-order valence-electron chi connectivity index (χ1n) is 5.53. The predicted octanol–water partition coefficient (Wildman–Crippen LogP) is 3.12. The van der Waals surface area contributed by atoms with E-state index in [1.54, 1.807) is 6.07 Å². The number of carbonyl (C=O) groups is 1. The van der Waals surface area contributed by atoms with E-state index in [2.05, 4.69) is 4.98 Å². The number of ether oxygens (including phenoxy) is 1. The van der Waals surface area contributed by atoms with Gasteiger partial charge in [0.2, 0.25) is 10.9 Å². The Morgan fingerprint density at radius 2 is 2.05 bits per heavy atom. The fraction of sp³-hybridized carbons (Fsp3) is 0. The fourth-order valence-electron chi connectivity index (χ4n) is 1.54. The van der Waals surface area contributed by atoms with Gasteiger partial charge in [0.05, 0.1) is 11.1 Å². The largest absolute Gasteiger partial charge is 0.449 e. The normalized spacial score (nSPS) is 9.71. The van der Waals surface area contributed by atoms with E-state index in [9.17, 15) is 14.9 Å². The van der Waals surface area contributed by atoms with E-state index in [1.807, 2.05) is 0 Å². The molecule has 8 heteroatoms. The number of nitriles is 1. The van der Waals surface area contributed by atoms with Crippen LogP contribution < -0.4 is 4.74 Å². The molecule has 0 saturated heterocycles. The van der Waals surface area contributed by atoms with Gasteiger partial charge in [0.1, 0.15) is 23.7 Å². The Labute approximate surface area is 123 Å². The monoisotopic (exact) mass is 303 g/mol. The number of aromatic nitrogens is 1. The van der Waals surface area contributed by atoms with Gasteiger partial charge in [0.15, 0.2) is 0 Å². The van der Waals surface area contributed by atoms with Crippen LogP contribution in [-0.4, -0.2) is 16.2 Å². The highest BCUT2D eigenvalue weighted by Gasteiger charge is 2.26. The van der Waals surface area contributed by atoms with Crippen molar-refractivity contribution in [2.45, 2.75) is 0 Å². The fourth-order valence-corrected chi connectivity index (χ4v) is 1.74. The third-order valence-corrected chi connectivity index (χ3v) is 2.78. The SMILES string of the molecule is N#Cc1cnc(Cl)c([N+](=O)[O-])c1Oc1ccc(C=O)cc1. The van der Waals surface area contributed by atoms with Crippen LogP contribution in [0.5, 0.6) is 11.5 Å². The Kier molecular flexibility index (Phi) is 4.11. The molecule has 104 valence electrons. The van der Waals surface area contributed by atoms with Gasteiger partial charge < -0.3 is 4.74 Å². The van der Waals surface area contributed by atoms with Gasteiger partial charge in [-0.15, -0.1) is 0 Å². The number of pyridine rings is 1. The van der Waals surface area contributed by atoms with Crippen LogP contribution >= 0.6 is 11.6 Å². The predicted molar refractivity (Wildman–Crippen MR) is 72.5 cm³/mol.